The second-order valence-electron chi connectivity index (χ2n) is 12.2. The first-order valence-corrected chi connectivity index (χ1v) is 15.0. The smallest absolute Gasteiger partial charge is 0.338 e. The van der Waals surface area contributed by atoms with Crippen molar-refractivity contribution in [3.8, 4) is 11.5 Å². The number of nitrogens with zero attached hydrogens (tertiary/aromatic N) is 1. The summed E-state index contributed by atoms with van der Waals surface area (Å²) in [7, 11) is 2.67. The van der Waals surface area contributed by atoms with Gasteiger partial charge in [0.05, 0.1) is 44.2 Å². The van der Waals surface area contributed by atoms with Crippen LogP contribution >= 0.6 is 0 Å². The van der Waals surface area contributed by atoms with Gasteiger partial charge in [-0.2, -0.15) is 0 Å². The summed E-state index contributed by atoms with van der Waals surface area (Å²) in [6.07, 6.45) is 0.284. The molecule has 2 aliphatic heterocycles. The minimum absolute atomic E-state index is 0.00895. The van der Waals surface area contributed by atoms with Crippen LogP contribution in [0, 0.1) is 13.8 Å². The van der Waals surface area contributed by atoms with E-state index in [4.69, 9.17) is 23.7 Å². The molecule has 10 nitrogen and oxygen atoms in total. The second kappa shape index (κ2) is 13.7. The molecule has 244 valence electrons. The molecule has 3 aromatic rings. The minimum Gasteiger partial charge on any atom is -0.480 e. The number of methoxy groups -OCH3 is 2. The van der Waals surface area contributed by atoms with Crippen molar-refractivity contribution in [2.45, 2.75) is 65.8 Å². The van der Waals surface area contributed by atoms with Crippen LogP contribution in [0.4, 0.5) is 5.69 Å². The summed E-state index contributed by atoms with van der Waals surface area (Å²) in [5.41, 5.74) is 2.98. The number of ether oxygens (including phenoxy) is 5. The Hall–Kier alpha value is -4.70. The van der Waals surface area contributed by atoms with Gasteiger partial charge < -0.3 is 28.6 Å². The molecule has 10 heteroatoms. The molecule has 0 N–H and O–H groups in total. The first-order valence-electron chi connectivity index (χ1n) is 15.0. The lowest BCUT2D eigenvalue weighted by atomic mass is 9.91. The summed E-state index contributed by atoms with van der Waals surface area (Å²) in [5.74, 6) is 0.227. The maximum atomic E-state index is 12.9. The van der Waals surface area contributed by atoms with Crippen LogP contribution in [-0.4, -0.2) is 62.2 Å². The number of hydrogen-bond acceptors (Lipinski definition) is 9. The molecule has 1 amide bonds. The Bertz CT molecular complexity index is 1640. The van der Waals surface area contributed by atoms with Crippen molar-refractivity contribution in [1.82, 2.24) is 0 Å². The summed E-state index contributed by atoms with van der Waals surface area (Å²) in [6, 6.07) is 16.7. The number of fused-ring (bicyclic) bond motifs is 2. The molecule has 0 fully saturated rings. The van der Waals surface area contributed by atoms with Crippen LogP contribution in [0.5, 0.6) is 11.5 Å². The van der Waals surface area contributed by atoms with Gasteiger partial charge in [0.2, 0.25) is 0 Å². The molecule has 2 heterocycles. The number of hydrogen-bond donors (Lipinski definition) is 0. The Labute approximate surface area is 269 Å². The van der Waals surface area contributed by atoms with E-state index in [0.717, 1.165) is 22.3 Å². The van der Waals surface area contributed by atoms with E-state index in [1.54, 1.807) is 56.9 Å². The monoisotopic (exact) mass is 631 g/mol. The molecule has 0 spiro atoms. The fourth-order valence-corrected chi connectivity index (χ4v) is 5.19. The summed E-state index contributed by atoms with van der Waals surface area (Å²) in [4.78, 5) is 50.1. The number of anilines is 1. The van der Waals surface area contributed by atoms with Crippen molar-refractivity contribution in [1.29, 1.82) is 0 Å². The zero-order valence-corrected chi connectivity index (χ0v) is 27.6. The number of Topliss-reactive ketones (excluding diaryl/α,β-unsaturated/α-hetero) is 1. The zero-order valence-electron chi connectivity index (χ0n) is 27.6. The van der Waals surface area contributed by atoms with Crippen molar-refractivity contribution < 1.29 is 42.9 Å². The van der Waals surface area contributed by atoms with E-state index in [1.165, 1.54) is 14.2 Å². The highest BCUT2D eigenvalue weighted by Gasteiger charge is 2.41. The predicted octanol–water partition coefficient (Wildman–Crippen LogP) is 5.57. The Morgan fingerprint density at radius 2 is 1.37 bits per heavy atom. The Morgan fingerprint density at radius 1 is 0.804 bits per heavy atom. The highest BCUT2D eigenvalue weighted by atomic mass is 16.5. The van der Waals surface area contributed by atoms with Crippen LogP contribution in [0.2, 0.25) is 0 Å². The second-order valence-corrected chi connectivity index (χ2v) is 12.2. The first-order chi connectivity index (χ1) is 21.7. The molecule has 3 aromatic carbocycles. The zero-order chi connectivity index (χ0) is 33.8. The van der Waals surface area contributed by atoms with Gasteiger partial charge in [-0.05, 0) is 82.5 Å². The molecular weight excluding hydrogens is 590 g/mol. The third-order valence-corrected chi connectivity index (χ3v) is 7.90. The lowest BCUT2D eigenvalue weighted by molar-refractivity contribution is -0.133. The van der Waals surface area contributed by atoms with Crippen LogP contribution in [0.25, 0.3) is 0 Å². The first kappa shape index (κ1) is 34.2. The third kappa shape index (κ3) is 7.39. The lowest BCUT2D eigenvalue weighted by Crippen LogP contribution is -2.53. The number of rotatable bonds is 7. The number of carbonyl (C=O) groups excluding carboxylic acids is 4. The lowest BCUT2D eigenvalue weighted by Gasteiger charge is -2.39. The molecule has 0 saturated heterocycles. The molecule has 5 rings (SSSR count). The van der Waals surface area contributed by atoms with Gasteiger partial charge in [0.15, 0.2) is 17.0 Å². The fraction of sp³-hybridized carbons (Fsp3) is 0.389. The van der Waals surface area contributed by atoms with Gasteiger partial charge in [-0.25, -0.2) is 9.59 Å². The van der Waals surface area contributed by atoms with Crippen molar-refractivity contribution in [2.75, 3.05) is 32.3 Å². The van der Waals surface area contributed by atoms with E-state index in [9.17, 15) is 19.2 Å². The SMILES string of the molecule is COC(=O)c1cc2c(cc1C)OC(C)(C)C(=O)C2.COC(=O)c1cc2c(cc1C)OC(C)(C)C(=O)N2CCOCc1ccccc1. The van der Waals surface area contributed by atoms with Crippen molar-refractivity contribution in [3.05, 3.63) is 88.0 Å². The number of esters is 2. The largest absolute Gasteiger partial charge is 0.480 e. The number of ketones is 1. The molecule has 0 atom stereocenters. The van der Waals surface area contributed by atoms with E-state index in [-0.39, 0.29) is 18.1 Å². The minimum atomic E-state index is -0.994. The van der Waals surface area contributed by atoms with E-state index in [2.05, 4.69) is 0 Å². The normalized spacial score (nSPS) is 15.7. The standard InChI is InChI=1S/C22H25NO5.C14H16O4/c1-15-12-19-18(13-17(15)20(24)26-4)23(21(25)22(2,3)28-19)10-11-27-14-16-8-6-5-7-9-16;1-8-5-11-9(6-10(8)13(16)17-4)7-12(15)14(2,3)18-11/h5-9,12-13H,10-11,14H2,1-4H3;5-6H,7H2,1-4H3. The number of carbonyl (C=O) groups is 4. The summed E-state index contributed by atoms with van der Waals surface area (Å²) in [6.45, 7) is 11.8. The molecule has 0 radical (unpaired) electrons. The molecule has 2 aliphatic rings. The van der Waals surface area contributed by atoms with E-state index >= 15 is 0 Å². The number of benzene rings is 3. The molecule has 0 aromatic heterocycles. The van der Waals surface area contributed by atoms with Crippen LogP contribution in [-0.2, 0) is 36.8 Å². The van der Waals surface area contributed by atoms with Crippen LogP contribution in [0.15, 0.2) is 54.6 Å². The Kier molecular flexibility index (Phi) is 10.2. The molecule has 0 bridgehead atoms. The van der Waals surface area contributed by atoms with Gasteiger partial charge >= 0.3 is 11.9 Å². The summed E-state index contributed by atoms with van der Waals surface area (Å²) >= 11 is 0. The van der Waals surface area contributed by atoms with Crippen LogP contribution in [0.3, 0.4) is 0 Å². The van der Waals surface area contributed by atoms with Crippen LogP contribution < -0.4 is 14.4 Å². The Balaban J connectivity index is 0.000000230. The van der Waals surface area contributed by atoms with Gasteiger partial charge in [0.1, 0.15) is 11.5 Å². The summed E-state index contributed by atoms with van der Waals surface area (Å²) in [5, 5.41) is 0. The average molecular weight is 632 g/mol. The van der Waals surface area contributed by atoms with E-state index in [0.29, 0.717) is 48.1 Å². The maximum absolute atomic E-state index is 12.9. The van der Waals surface area contributed by atoms with Gasteiger partial charge in [-0.3, -0.25) is 9.59 Å². The highest BCUT2D eigenvalue weighted by Crippen LogP contribution is 2.40. The molecular formula is C36H41NO9. The average Bonchev–Trinajstić information content (AvgIpc) is 3.01. The number of amides is 1. The highest BCUT2D eigenvalue weighted by molar-refractivity contribution is 6.04. The molecule has 0 saturated carbocycles. The van der Waals surface area contributed by atoms with Gasteiger partial charge in [-0.15, -0.1) is 0 Å². The predicted molar refractivity (Wildman–Crippen MR) is 172 cm³/mol. The topological polar surface area (TPSA) is 118 Å². The van der Waals surface area contributed by atoms with Crippen LogP contribution in [0.1, 0.15) is 70.7 Å². The molecule has 46 heavy (non-hydrogen) atoms. The third-order valence-electron chi connectivity index (χ3n) is 7.90. The van der Waals surface area contributed by atoms with Crippen molar-refractivity contribution in [3.63, 3.8) is 0 Å². The molecule has 0 unspecified atom stereocenters. The number of aryl methyl sites for hydroxylation is 2. The Morgan fingerprint density at radius 3 is 1.98 bits per heavy atom. The van der Waals surface area contributed by atoms with Crippen molar-refractivity contribution >= 4 is 29.3 Å². The quantitative estimate of drug-likeness (QED) is 0.244. The van der Waals surface area contributed by atoms with Crippen molar-refractivity contribution in [2.24, 2.45) is 0 Å². The maximum Gasteiger partial charge on any atom is 0.338 e. The molecule has 0 aliphatic carbocycles. The fourth-order valence-electron chi connectivity index (χ4n) is 5.19. The van der Waals surface area contributed by atoms with Gasteiger partial charge in [0, 0.05) is 18.5 Å². The van der Waals surface area contributed by atoms with Gasteiger partial charge in [0.25, 0.3) is 5.91 Å². The van der Waals surface area contributed by atoms with Gasteiger partial charge in [-0.1, -0.05) is 30.3 Å². The van der Waals surface area contributed by atoms with E-state index < -0.39 is 23.1 Å². The summed E-state index contributed by atoms with van der Waals surface area (Å²) < 4.78 is 26.9. The van der Waals surface area contributed by atoms with E-state index in [1.807, 2.05) is 44.2 Å².